The Labute approximate surface area is 154 Å². The van der Waals surface area contributed by atoms with Crippen LogP contribution in [0.1, 0.15) is 21.6 Å². The summed E-state index contributed by atoms with van der Waals surface area (Å²) in [4.78, 5) is 19.9. The number of aromatic amines is 1. The fourth-order valence-electron chi connectivity index (χ4n) is 2.77. The molecule has 0 aliphatic carbocycles. The fourth-order valence-corrected chi connectivity index (χ4v) is 3.23. The number of nitrogens with one attached hydrogen (secondary N) is 1. The number of nitrogens with zero attached hydrogens (tertiary/aromatic N) is 3. The van der Waals surface area contributed by atoms with Gasteiger partial charge in [-0.05, 0) is 35.6 Å². The molecule has 26 heavy (non-hydrogen) atoms. The van der Waals surface area contributed by atoms with Crippen molar-refractivity contribution >= 4 is 17.3 Å². The topological polar surface area (TPSA) is 71.5 Å². The molecule has 0 fully saturated rings. The molecule has 0 aliphatic heterocycles. The number of hydrogen-bond donors (Lipinski definition) is 1. The molecule has 0 amide bonds. The van der Waals surface area contributed by atoms with E-state index in [9.17, 15) is 4.79 Å². The average Bonchev–Trinajstić information content (AvgIpc) is 3.35. The van der Waals surface area contributed by atoms with Crippen LogP contribution in [-0.4, -0.2) is 25.3 Å². The summed E-state index contributed by atoms with van der Waals surface area (Å²) in [5, 5.41) is 5.49. The highest BCUT2D eigenvalue weighted by Gasteiger charge is 2.11. The third kappa shape index (κ3) is 3.45. The van der Waals surface area contributed by atoms with E-state index in [1.807, 2.05) is 36.5 Å². The van der Waals surface area contributed by atoms with Crippen LogP contribution in [0.5, 0.6) is 0 Å². The van der Waals surface area contributed by atoms with E-state index in [0.29, 0.717) is 12.1 Å². The Morgan fingerprint density at radius 3 is 2.69 bits per heavy atom. The number of aromatic nitrogens is 4. The maximum Gasteiger partial charge on any atom is 0.188 e. The Bertz CT molecular complexity index is 1040. The molecule has 0 bridgehead atoms. The molecule has 0 spiro atoms. The summed E-state index contributed by atoms with van der Waals surface area (Å²) in [5.74, 6) is 0.786. The van der Waals surface area contributed by atoms with Crippen LogP contribution in [0.15, 0.2) is 60.1 Å². The molecule has 2 aromatic heterocycles. The number of aryl methyl sites for hydroxylation is 1. The SMILES string of the molecule is Cc1cccc(-c2cnc(-c3ccc(CC(=O)c4csnn4)cc3)[nH]2)c1. The monoisotopic (exact) mass is 360 g/mol. The molecule has 6 heteroatoms. The zero-order valence-corrected chi connectivity index (χ0v) is 15.0. The lowest BCUT2D eigenvalue weighted by Gasteiger charge is -2.02. The van der Waals surface area contributed by atoms with Gasteiger partial charge in [-0.25, -0.2) is 4.98 Å². The van der Waals surface area contributed by atoms with Gasteiger partial charge in [-0.2, -0.15) is 0 Å². The lowest BCUT2D eigenvalue weighted by Crippen LogP contribution is -2.03. The van der Waals surface area contributed by atoms with E-state index in [2.05, 4.69) is 44.7 Å². The van der Waals surface area contributed by atoms with E-state index < -0.39 is 0 Å². The molecule has 2 aromatic carbocycles. The zero-order chi connectivity index (χ0) is 17.9. The minimum Gasteiger partial charge on any atom is -0.338 e. The molecular weight excluding hydrogens is 344 g/mol. The van der Waals surface area contributed by atoms with Crippen LogP contribution >= 0.6 is 11.5 Å². The second-order valence-electron chi connectivity index (χ2n) is 6.10. The first-order valence-corrected chi connectivity index (χ1v) is 9.04. The summed E-state index contributed by atoms with van der Waals surface area (Å²) >= 11 is 1.19. The van der Waals surface area contributed by atoms with Crippen LogP contribution in [0, 0.1) is 6.92 Å². The molecule has 1 N–H and O–H groups in total. The number of hydrogen-bond acceptors (Lipinski definition) is 5. The van der Waals surface area contributed by atoms with Gasteiger partial charge >= 0.3 is 0 Å². The van der Waals surface area contributed by atoms with Crippen LogP contribution in [0.25, 0.3) is 22.6 Å². The van der Waals surface area contributed by atoms with Crippen LogP contribution in [0.4, 0.5) is 0 Å². The Balaban J connectivity index is 1.51. The average molecular weight is 360 g/mol. The number of rotatable bonds is 5. The van der Waals surface area contributed by atoms with Crippen molar-refractivity contribution in [2.75, 3.05) is 0 Å². The number of H-pyrrole nitrogens is 1. The van der Waals surface area contributed by atoms with E-state index in [1.165, 1.54) is 17.1 Å². The van der Waals surface area contributed by atoms with Crippen molar-refractivity contribution in [3.05, 3.63) is 76.9 Å². The lowest BCUT2D eigenvalue weighted by molar-refractivity contribution is 0.0988. The molecule has 0 saturated carbocycles. The quantitative estimate of drug-likeness (QED) is 0.538. The summed E-state index contributed by atoms with van der Waals surface area (Å²) in [6.07, 6.45) is 2.16. The highest BCUT2D eigenvalue weighted by atomic mass is 32.1. The van der Waals surface area contributed by atoms with Crippen LogP contribution in [0.3, 0.4) is 0 Å². The van der Waals surface area contributed by atoms with E-state index in [-0.39, 0.29) is 5.78 Å². The molecule has 2 heterocycles. The number of carbonyl (C=O) groups excluding carboxylic acids is 1. The normalized spacial score (nSPS) is 10.8. The maximum atomic E-state index is 12.1. The van der Waals surface area contributed by atoms with Gasteiger partial charge in [-0.3, -0.25) is 4.79 Å². The fraction of sp³-hybridized carbons (Fsp3) is 0.100. The molecule has 0 unspecified atom stereocenters. The number of ketones is 1. The van der Waals surface area contributed by atoms with Crippen molar-refractivity contribution in [2.45, 2.75) is 13.3 Å². The standard InChI is InChI=1S/C20H16N4OS/c1-13-3-2-4-16(9-13)17-11-21-20(22-17)15-7-5-14(6-8-15)10-19(25)18-12-26-24-23-18/h2-9,11-12H,10H2,1H3,(H,21,22). The smallest absolute Gasteiger partial charge is 0.188 e. The molecule has 0 saturated heterocycles. The van der Waals surface area contributed by atoms with Crippen LogP contribution in [-0.2, 0) is 6.42 Å². The third-order valence-electron chi connectivity index (χ3n) is 4.14. The summed E-state index contributed by atoms with van der Waals surface area (Å²) < 4.78 is 3.73. The minimum atomic E-state index is -0.0220. The van der Waals surface area contributed by atoms with Crippen LogP contribution < -0.4 is 0 Å². The molecule has 4 aromatic rings. The molecule has 0 atom stereocenters. The van der Waals surface area contributed by atoms with Gasteiger partial charge in [0, 0.05) is 17.4 Å². The van der Waals surface area contributed by atoms with Crippen molar-refractivity contribution in [3.63, 3.8) is 0 Å². The van der Waals surface area contributed by atoms with E-state index in [0.717, 1.165) is 28.2 Å². The summed E-state index contributed by atoms with van der Waals surface area (Å²) in [6, 6.07) is 16.1. The summed E-state index contributed by atoms with van der Waals surface area (Å²) in [7, 11) is 0. The Morgan fingerprint density at radius 1 is 1.12 bits per heavy atom. The van der Waals surface area contributed by atoms with Gasteiger partial charge < -0.3 is 4.98 Å². The maximum absolute atomic E-state index is 12.1. The van der Waals surface area contributed by atoms with E-state index in [4.69, 9.17) is 0 Å². The largest absolute Gasteiger partial charge is 0.338 e. The van der Waals surface area contributed by atoms with Crippen LogP contribution in [0.2, 0.25) is 0 Å². The van der Waals surface area contributed by atoms with Crippen molar-refractivity contribution in [2.24, 2.45) is 0 Å². The first-order valence-electron chi connectivity index (χ1n) is 8.21. The molecule has 4 rings (SSSR count). The van der Waals surface area contributed by atoms with Gasteiger partial charge in [0.1, 0.15) is 11.5 Å². The Kier molecular flexibility index (Phi) is 4.41. The van der Waals surface area contributed by atoms with Crippen molar-refractivity contribution in [3.8, 4) is 22.6 Å². The highest BCUT2D eigenvalue weighted by molar-refractivity contribution is 7.03. The van der Waals surface area contributed by atoms with E-state index in [1.54, 1.807) is 5.38 Å². The first-order chi connectivity index (χ1) is 12.7. The van der Waals surface area contributed by atoms with E-state index >= 15 is 0 Å². The van der Waals surface area contributed by atoms with Crippen molar-refractivity contribution < 1.29 is 4.79 Å². The Hall–Kier alpha value is -3.12. The van der Waals surface area contributed by atoms with Gasteiger partial charge in [-0.1, -0.05) is 52.5 Å². The van der Waals surface area contributed by atoms with Crippen molar-refractivity contribution in [1.29, 1.82) is 0 Å². The molecule has 5 nitrogen and oxygen atoms in total. The van der Waals surface area contributed by atoms with Crippen molar-refractivity contribution in [1.82, 2.24) is 19.6 Å². The van der Waals surface area contributed by atoms with Gasteiger partial charge in [0.25, 0.3) is 0 Å². The number of benzene rings is 2. The summed E-state index contributed by atoms with van der Waals surface area (Å²) in [5.41, 5.74) is 5.66. The van der Waals surface area contributed by atoms with Gasteiger partial charge in [0.05, 0.1) is 11.9 Å². The number of imidazole rings is 1. The lowest BCUT2D eigenvalue weighted by atomic mass is 10.1. The predicted octanol–water partition coefficient (Wildman–Crippen LogP) is 4.33. The summed E-state index contributed by atoms with van der Waals surface area (Å²) in [6.45, 7) is 2.07. The highest BCUT2D eigenvalue weighted by Crippen LogP contribution is 2.23. The second kappa shape index (κ2) is 7.01. The first kappa shape index (κ1) is 16.4. The second-order valence-corrected chi connectivity index (χ2v) is 6.71. The Morgan fingerprint density at radius 2 is 1.96 bits per heavy atom. The van der Waals surface area contributed by atoms with Gasteiger partial charge in [-0.15, -0.1) is 5.10 Å². The molecular formula is C20H16N4OS. The zero-order valence-electron chi connectivity index (χ0n) is 14.1. The molecule has 0 radical (unpaired) electrons. The third-order valence-corrected chi connectivity index (χ3v) is 4.65. The van der Waals surface area contributed by atoms with Gasteiger partial charge in [0.15, 0.2) is 5.78 Å². The number of Topliss-reactive ketones (excluding diaryl/α,β-unsaturated/α-hetero) is 1. The number of carbonyl (C=O) groups is 1. The molecule has 128 valence electrons. The minimum absolute atomic E-state index is 0.0220. The molecule has 0 aliphatic rings. The predicted molar refractivity (Wildman–Crippen MR) is 102 cm³/mol. The van der Waals surface area contributed by atoms with Gasteiger partial charge in [0.2, 0.25) is 0 Å².